The topological polar surface area (TPSA) is 36.9 Å². The monoisotopic (exact) mass is 310 g/mol. The van der Waals surface area contributed by atoms with E-state index in [9.17, 15) is 0 Å². The Morgan fingerprint density at radius 3 is 2.59 bits per heavy atom. The fourth-order valence-electron chi connectivity index (χ4n) is 2.87. The molecule has 5 heteroatoms. The first-order valence-corrected chi connectivity index (χ1v) is 9.06. The van der Waals surface area contributed by atoms with Crippen molar-refractivity contribution < 1.29 is 18.8 Å². The molecule has 3 unspecified atom stereocenters. The van der Waals surface area contributed by atoms with Gasteiger partial charge in [0.15, 0.2) is 6.29 Å². The van der Waals surface area contributed by atoms with E-state index in [1.807, 2.05) is 6.08 Å². The summed E-state index contributed by atoms with van der Waals surface area (Å²) < 4.78 is 23.1. The Kier molecular flexibility index (Phi) is 8.53. The highest BCUT2D eigenvalue weighted by Crippen LogP contribution is 2.23. The van der Waals surface area contributed by atoms with E-state index in [1.165, 1.54) is 38.5 Å². The van der Waals surface area contributed by atoms with Crippen LogP contribution in [0.5, 0.6) is 0 Å². The first kappa shape index (κ1) is 18.0. The third-order valence-corrected chi connectivity index (χ3v) is 4.25. The Labute approximate surface area is 135 Å². The second-order valence-corrected chi connectivity index (χ2v) is 6.19. The molecular weight excluding hydrogens is 279 g/mol. The number of hydrogen-bond donors (Lipinski definition) is 0. The molecule has 1 saturated heterocycles. The van der Waals surface area contributed by atoms with Crippen LogP contribution in [0.1, 0.15) is 58.8 Å². The van der Waals surface area contributed by atoms with Crippen molar-refractivity contribution in [1.29, 1.82) is 0 Å². The van der Waals surface area contributed by atoms with E-state index in [0.29, 0.717) is 6.61 Å². The standard InChI is InChI=1S/C17H31BO4/c1-3-5-6-7-8-9-10-13-19-17-12-11-15-16(21-17)14-20-18(4-2)22-15/h11-12,15-17H,3-10,13-14H2,1-2H3. The maximum atomic E-state index is 5.88. The van der Waals surface area contributed by atoms with Crippen LogP contribution >= 0.6 is 0 Å². The fraction of sp³-hybridized carbons (Fsp3) is 0.882. The van der Waals surface area contributed by atoms with Gasteiger partial charge in [-0.05, 0) is 18.8 Å². The molecule has 2 rings (SSSR count). The molecule has 0 radical (unpaired) electrons. The lowest BCUT2D eigenvalue weighted by Gasteiger charge is -2.37. The molecule has 0 aromatic heterocycles. The Bertz CT molecular complexity index is 324. The van der Waals surface area contributed by atoms with Crippen LogP contribution in [0.15, 0.2) is 12.2 Å². The molecule has 2 heterocycles. The largest absolute Gasteiger partial charge is 0.457 e. The van der Waals surface area contributed by atoms with Crippen molar-refractivity contribution in [2.24, 2.45) is 0 Å². The van der Waals surface area contributed by atoms with Gasteiger partial charge < -0.3 is 18.8 Å². The van der Waals surface area contributed by atoms with Gasteiger partial charge in [0.05, 0.1) is 19.3 Å². The van der Waals surface area contributed by atoms with Crippen molar-refractivity contribution in [2.45, 2.75) is 83.6 Å². The predicted molar refractivity (Wildman–Crippen MR) is 88.8 cm³/mol. The van der Waals surface area contributed by atoms with Crippen molar-refractivity contribution in [3.63, 3.8) is 0 Å². The summed E-state index contributed by atoms with van der Waals surface area (Å²) in [4.78, 5) is 0. The molecule has 0 aromatic carbocycles. The summed E-state index contributed by atoms with van der Waals surface area (Å²) >= 11 is 0. The third-order valence-electron chi connectivity index (χ3n) is 4.25. The molecule has 0 amide bonds. The van der Waals surface area contributed by atoms with Gasteiger partial charge in [-0.15, -0.1) is 0 Å². The van der Waals surface area contributed by atoms with Gasteiger partial charge >= 0.3 is 7.12 Å². The zero-order valence-electron chi connectivity index (χ0n) is 14.2. The first-order chi connectivity index (χ1) is 10.8. The van der Waals surface area contributed by atoms with E-state index in [-0.39, 0.29) is 25.6 Å². The number of ether oxygens (including phenoxy) is 2. The van der Waals surface area contributed by atoms with Gasteiger partial charge in [0.2, 0.25) is 0 Å². The van der Waals surface area contributed by atoms with Crippen LogP contribution in [0.3, 0.4) is 0 Å². The lowest BCUT2D eigenvalue weighted by Crippen LogP contribution is -2.49. The molecule has 3 atom stereocenters. The summed E-state index contributed by atoms with van der Waals surface area (Å²) in [5.74, 6) is 0. The van der Waals surface area contributed by atoms with E-state index in [4.69, 9.17) is 18.8 Å². The molecule has 4 nitrogen and oxygen atoms in total. The summed E-state index contributed by atoms with van der Waals surface area (Å²) in [6.07, 6.45) is 13.7. The highest BCUT2D eigenvalue weighted by Gasteiger charge is 2.36. The Hall–Kier alpha value is -0.355. The van der Waals surface area contributed by atoms with Crippen LogP contribution in [0.4, 0.5) is 0 Å². The minimum Gasteiger partial charge on any atom is -0.408 e. The zero-order valence-corrected chi connectivity index (χ0v) is 14.2. The highest BCUT2D eigenvalue weighted by atomic mass is 16.7. The maximum absolute atomic E-state index is 5.88. The summed E-state index contributed by atoms with van der Waals surface area (Å²) in [6, 6.07) is 0. The Balaban J connectivity index is 1.54. The van der Waals surface area contributed by atoms with E-state index >= 15 is 0 Å². The minimum atomic E-state index is -0.244. The lowest BCUT2D eigenvalue weighted by atomic mass is 9.83. The van der Waals surface area contributed by atoms with Crippen molar-refractivity contribution in [3.8, 4) is 0 Å². The number of rotatable bonds is 10. The highest BCUT2D eigenvalue weighted by molar-refractivity contribution is 6.44. The predicted octanol–water partition coefficient (Wildman–Crippen LogP) is 3.96. The molecule has 0 aromatic rings. The van der Waals surface area contributed by atoms with Crippen molar-refractivity contribution in [3.05, 3.63) is 12.2 Å². The normalized spacial score (nSPS) is 27.9. The van der Waals surface area contributed by atoms with E-state index in [0.717, 1.165) is 19.3 Å². The van der Waals surface area contributed by atoms with Crippen molar-refractivity contribution >= 4 is 7.12 Å². The zero-order chi connectivity index (χ0) is 15.6. The number of fused-ring (bicyclic) bond motifs is 1. The summed E-state index contributed by atoms with van der Waals surface area (Å²) in [6.45, 7) is 5.66. The molecule has 2 aliphatic rings. The average Bonchev–Trinajstić information content (AvgIpc) is 2.56. The fourth-order valence-corrected chi connectivity index (χ4v) is 2.87. The van der Waals surface area contributed by atoms with Gasteiger partial charge in [-0.2, -0.15) is 0 Å². The molecule has 0 aliphatic carbocycles. The number of hydrogen-bond acceptors (Lipinski definition) is 4. The molecule has 0 spiro atoms. The van der Waals surface area contributed by atoms with Crippen LogP contribution < -0.4 is 0 Å². The summed E-state index contributed by atoms with van der Waals surface area (Å²) in [5, 5.41) is 0. The van der Waals surface area contributed by atoms with E-state index in [1.54, 1.807) is 0 Å². The van der Waals surface area contributed by atoms with E-state index < -0.39 is 0 Å². The molecular formula is C17H31BO4. The quantitative estimate of drug-likeness (QED) is 0.348. The first-order valence-electron chi connectivity index (χ1n) is 9.06. The van der Waals surface area contributed by atoms with Crippen LogP contribution in [0.2, 0.25) is 6.32 Å². The molecule has 1 fully saturated rings. The Morgan fingerprint density at radius 2 is 1.82 bits per heavy atom. The van der Waals surface area contributed by atoms with Gasteiger partial charge in [0, 0.05) is 0 Å². The van der Waals surface area contributed by atoms with Crippen molar-refractivity contribution in [2.75, 3.05) is 13.2 Å². The average molecular weight is 310 g/mol. The SMILES string of the molecule is CCCCCCCCCOC1C=CC2OB(CC)OCC2O1. The van der Waals surface area contributed by atoms with Gasteiger partial charge in [0.25, 0.3) is 0 Å². The molecule has 0 saturated carbocycles. The molecule has 2 aliphatic heterocycles. The lowest BCUT2D eigenvalue weighted by molar-refractivity contribution is -0.188. The van der Waals surface area contributed by atoms with Crippen molar-refractivity contribution in [1.82, 2.24) is 0 Å². The smallest absolute Gasteiger partial charge is 0.408 e. The second kappa shape index (κ2) is 10.4. The second-order valence-electron chi connectivity index (χ2n) is 6.19. The van der Waals surface area contributed by atoms with Crippen LogP contribution in [0, 0.1) is 0 Å². The van der Waals surface area contributed by atoms with Gasteiger partial charge in [-0.25, -0.2) is 0 Å². The van der Waals surface area contributed by atoms with Gasteiger partial charge in [0.1, 0.15) is 6.10 Å². The maximum Gasteiger partial charge on any atom is 0.457 e. The third kappa shape index (κ3) is 6.03. The molecule has 0 N–H and O–H groups in total. The number of unbranched alkanes of at least 4 members (excludes halogenated alkanes) is 6. The summed E-state index contributed by atoms with van der Waals surface area (Å²) in [7, 11) is -0.0975. The van der Waals surface area contributed by atoms with Crippen LogP contribution in [0.25, 0.3) is 0 Å². The van der Waals surface area contributed by atoms with Gasteiger partial charge in [-0.3, -0.25) is 0 Å². The van der Waals surface area contributed by atoms with E-state index in [2.05, 4.69) is 19.9 Å². The molecule has 126 valence electrons. The Morgan fingerprint density at radius 1 is 1.05 bits per heavy atom. The van der Waals surface area contributed by atoms with Crippen LogP contribution in [-0.4, -0.2) is 38.8 Å². The minimum absolute atomic E-state index is 0.0112. The molecule has 22 heavy (non-hydrogen) atoms. The van der Waals surface area contributed by atoms with Crippen LogP contribution in [-0.2, 0) is 18.8 Å². The molecule has 0 bridgehead atoms. The summed E-state index contributed by atoms with van der Waals surface area (Å²) in [5.41, 5.74) is 0. The van der Waals surface area contributed by atoms with Gasteiger partial charge in [-0.1, -0.05) is 58.4 Å².